The quantitative estimate of drug-likeness (QED) is 0.705. The van der Waals surface area contributed by atoms with E-state index in [1.54, 1.807) is 19.9 Å². The number of carbonyl (C=O) groups excluding carboxylic acids is 1. The first-order valence-electron chi connectivity index (χ1n) is 5.93. The van der Waals surface area contributed by atoms with E-state index in [0.29, 0.717) is 5.56 Å². The smallest absolute Gasteiger partial charge is 0.326 e. The van der Waals surface area contributed by atoms with Crippen LogP contribution in [0, 0.1) is 5.82 Å². The van der Waals surface area contributed by atoms with Gasteiger partial charge in [0.1, 0.15) is 11.9 Å². The molecule has 104 valence electrons. The molecule has 2 atom stereocenters. The number of hydrogen-bond donors (Lipinski definition) is 3. The Morgan fingerprint density at radius 2 is 2.11 bits per heavy atom. The summed E-state index contributed by atoms with van der Waals surface area (Å²) in [6, 6.07) is 3.02. The highest BCUT2D eigenvalue weighted by atomic mass is 19.1. The molecule has 2 unspecified atom stereocenters. The number of amides is 1. The van der Waals surface area contributed by atoms with E-state index < -0.39 is 23.7 Å². The molecule has 0 saturated carbocycles. The molecule has 0 aromatic heterocycles. The maximum absolute atomic E-state index is 13.4. The fourth-order valence-corrected chi connectivity index (χ4v) is 1.70. The number of hydrogen-bond acceptors (Lipinski definition) is 3. The summed E-state index contributed by atoms with van der Waals surface area (Å²) in [6.07, 6.45) is 0.187. The van der Waals surface area contributed by atoms with Crippen LogP contribution in [0.2, 0.25) is 0 Å². The van der Waals surface area contributed by atoms with Crippen molar-refractivity contribution in [3.05, 3.63) is 29.6 Å². The Balaban J connectivity index is 2.98. The molecule has 0 saturated heterocycles. The van der Waals surface area contributed by atoms with E-state index in [2.05, 4.69) is 5.32 Å². The lowest BCUT2D eigenvalue weighted by Crippen LogP contribution is -2.44. The van der Waals surface area contributed by atoms with Gasteiger partial charge < -0.3 is 16.2 Å². The number of nitrogen functional groups attached to an aromatic ring is 1. The largest absolute Gasteiger partial charge is 0.480 e. The summed E-state index contributed by atoms with van der Waals surface area (Å²) in [7, 11) is 0. The number of benzene rings is 1. The minimum absolute atomic E-state index is 0.000388. The maximum Gasteiger partial charge on any atom is 0.326 e. The molecule has 0 aliphatic carbocycles. The standard InChI is InChI=1S/C13H17FN2O3/c1-3-11(17)16-12(13(18)19)7(2)8-4-5-10(15)9(14)6-8/h4-7,12H,3,15H2,1-2H3,(H,16,17)(H,18,19). The molecule has 1 aromatic rings. The monoisotopic (exact) mass is 268 g/mol. The molecule has 0 aliphatic rings. The molecular weight excluding hydrogens is 251 g/mol. The zero-order chi connectivity index (χ0) is 14.6. The first-order valence-corrected chi connectivity index (χ1v) is 5.93. The van der Waals surface area contributed by atoms with Gasteiger partial charge in [0.2, 0.25) is 5.91 Å². The number of carboxylic acid groups (broad SMARTS) is 1. The average Bonchev–Trinajstić information content (AvgIpc) is 2.37. The number of nitrogens with two attached hydrogens (primary N) is 1. The average molecular weight is 268 g/mol. The highest BCUT2D eigenvalue weighted by Crippen LogP contribution is 2.23. The number of anilines is 1. The van der Waals surface area contributed by atoms with Gasteiger partial charge in [-0.15, -0.1) is 0 Å². The number of nitrogens with one attached hydrogen (secondary N) is 1. The van der Waals surface area contributed by atoms with E-state index in [4.69, 9.17) is 10.8 Å². The van der Waals surface area contributed by atoms with Crippen LogP contribution < -0.4 is 11.1 Å². The number of carboxylic acids is 1. The van der Waals surface area contributed by atoms with Crippen molar-refractivity contribution in [2.45, 2.75) is 32.2 Å². The predicted octanol–water partition coefficient (Wildman–Crippen LogP) is 1.49. The Hall–Kier alpha value is -2.11. The third-order valence-electron chi connectivity index (χ3n) is 2.95. The van der Waals surface area contributed by atoms with Crippen molar-refractivity contribution >= 4 is 17.6 Å². The minimum atomic E-state index is -1.16. The summed E-state index contributed by atoms with van der Waals surface area (Å²) >= 11 is 0. The van der Waals surface area contributed by atoms with Gasteiger partial charge in [0, 0.05) is 12.3 Å². The van der Waals surface area contributed by atoms with Crippen molar-refractivity contribution in [2.75, 3.05) is 5.73 Å². The Kier molecular flexibility index (Phi) is 4.86. The molecular formula is C13H17FN2O3. The van der Waals surface area contributed by atoms with Crippen LogP contribution in [-0.4, -0.2) is 23.0 Å². The second-order valence-corrected chi connectivity index (χ2v) is 4.31. The molecule has 0 fully saturated rings. The fourth-order valence-electron chi connectivity index (χ4n) is 1.70. The van der Waals surface area contributed by atoms with E-state index in [1.807, 2.05) is 0 Å². The summed E-state index contributed by atoms with van der Waals surface area (Å²) in [4.78, 5) is 22.5. The fraction of sp³-hybridized carbons (Fsp3) is 0.385. The van der Waals surface area contributed by atoms with Crippen molar-refractivity contribution in [3.63, 3.8) is 0 Å². The van der Waals surface area contributed by atoms with E-state index in [0.717, 1.165) is 0 Å². The second kappa shape index (κ2) is 6.17. The molecule has 6 heteroatoms. The topological polar surface area (TPSA) is 92.4 Å². The third-order valence-corrected chi connectivity index (χ3v) is 2.95. The molecule has 1 rings (SSSR count). The van der Waals surface area contributed by atoms with Gasteiger partial charge in [-0.05, 0) is 17.7 Å². The van der Waals surface area contributed by atoms with E-state index >= 15 is 0 Å². The van der Waals surface area contributed by atoms with Crippen molar-refractivity contribution in [2.24, 2.45) is 0 Å². The number of carbonyl (C=O) groups is 2. The van der Waals surface area contributed by atoms with Crippen LogP contribution in [0.3, 0.4) is 0 Å². The van der Waals surface area contributed by atoms with E-state index in [-0.39, 0.29) is 18.0 Å². The molecule has 0 radical (unpaired) electrons. The number of halogens is 1. The van der Waals surface area contributed by atoms with Gasteiger partial charge in [0.05, 0.1) is 5.69 Å². The molecule has 0 heterocycles. The summed E-state index contributed by atoms with van der Waals surface area (Å²) in [5.41, 5.74) is 5.83. The minimum Gasteiger partial charge on any atom is -0.480 e. The predicted molar refractivity (Wildman–Crippen MR) is 69.1 cm³/mol. The van der Waals surface area contributed by atoms with E-state index in [1.165, 1.54) is 12.1 Å². The van der Waals surface area contributed by atoms with Crippen LogP contribution >= 0.6 is 0 Å². The van der Waals surface area contributed by atoms with Gasteiger partial charge >= 0.3 is 5.97 Å². The highest BCUT2D eigenvalue weighted by molar-refractivity contribution is 5.84. The molecule has 4 N–H and O–H groups in total. The Morgan fingerprint density at radius 1 is 1.47 bits per heavy atom. The zero-order valence-corrected chi connectivity index (χ0v) is 10.8. The Morgan fingerprint density at radius 3 is 2.58 bits per heavy atom. The summed E-state index contributed by atoms with van der Waals surface area (Å²) in [5, 5.41) is 11.5. The Labute approximate surface area is 110 Å². The summed E-state index contributed by atoms with van der Waals surface area (Å²) in [6.45, 7) is 3.24. The molecule has 1 amide bonds. The lowest BCUT2D eigenvalue weighted by atomic mass is 9.93. The lowest BCUT2D eigenvalue weighted by Gasteiger charge is -2.21. The molecule has 0 bridgehead atoms. The second-order valence-electron chi connectivity index (χ2n) is 4.31. The van der Waals surface area contributed by atoms with Gasteiger partial charge in [-0.25, -0.2) is 9.18 Å². The van der Waals surface area contributed by atoms with Crippen molar-refractivity contribution < 1.29 is 19.1 Å². The molecule has 0 aliphatic heterocycles. The first-order chi connectivity index (χ1) is 8.86. The van der Waals surface area contributed by atoms with Crippen LogP contribution in [0.4, 0.5) is 10.1 Å². The molecule has 1 aromatic carbocycles. The van der Waals surface area contributed by atoms with Gasteiger partial charge in [0.15, 0.2) is 0 Å². The zero-order valence-electron chi connectivity index (χ0n) is 10.8. The highest BCUT2D eigenvalue weighted by Gasteiger charge is 2.27. The maximum atomic E-state index is 13.4. The van der Waals surface area contributed by atoms with Crippen molar-refractivity contribution in [1.82, 2.24) is 5.32 Å². The number of aliphatic carboxylic acids is 1. The molecule has 0 spiro atoms. The third kappa shape index (κ3) is 3.67. The summed E-state index contributed by atoms with van der Waals surface area (Å²) < 4.78 is 13.4. The van der Waals surface area contributed by atoms with Gasteiger partial charge in [-0.3, -0.25) is 4.79 Å². The number of rotatable bonds is 5. The summed E-state index contributed by atoms with van der Waals surface area (Å²) in [5.74, 6) is -2.69. The first kappa shape index (κ1) is 14.9. The van der Waals surface area contributed by atoms with Crippen LogP contribution in [-0.2, 0) is 9.59 Å². The molecule has 5 nitrogen and oxygen atoms in total. The van der Waals surface area contributed by atoms with Crippen LogP contribution in [0.15, 0.2) is 18.2 Å². The van der Waals surface area contributed by atoms with Crippen molar-refractivity contribution in [3.8, 4) is 0 Å². The van der Waals surface area contributed by atoms with Crippen LogP contribution in [0.5, 0.6) is 0 Å². The van der Waals surface area contributed by atoms with E-state index in [9.17, 15) is 14.0 Å². The SMILES string of the molecule is CCC(=O)NC(C(=O)O)C(C)c1ccc(N)c(F)c1. The van der Waals surface area contributed by atoms with Gasteiger partial charge in [-0.1, -0.05) is 19.9 Å². The van der Waals surface area contributed by atoms with Crippen molar-refractivity contribution in [1.29, 1.82) is 0 Å². The Bertz CT molecular complexity index is 491. The normalized spacial score (nSPS) is 13.6. The van der Waals surface area contributed by atoms with Crippen LogP contribution in [0.1, 0.15) is 31.7 Å². The lowest BCUT2D eigenvalue weighted by molar-refractivity contribution is -0.142. The molecule has 19 heavy (non-hydrogen) atoms. The van der Waals surface area contributed by atoms with Gasteiger partial charge in [-0.2, -0.15) is 0 Å². The van der Waals surface area contributed by atoms with Gasteiger partial charge in [0.25, 0.3) is 0 Å². The van der Waals surface area contributed by atoms with Crippen LogP contribution in [0.25, 0.3) is 0 Å².